The minimum absolute atomic E-state index is 0.0265. The fourth-order valence-corrected chi connectivity index (χ4v) is 2.45. The van der Waals surface area contributed by atoms with E-state index in [-0.39, 0.29) is 11.6 Å². The monoisotopic (exact) mass is 414 g/mol. The van der Waals surface area contributed by atoms with Crippen molar-refractivity contribution in [1.82, 2.24) is 10.6 Å². The van der Waals surface area contributed by atoms with Gasteiger partial charge in [0.1, 0.15) is 5.60 Å². The van der Waals surface area contributed by atoms with Gasteiger partial charge in [0.2, 0.25) is 0 Å². The zero-order chi connectivity index (χ0) is 22.1. The molecule has 2 aromatic rings. The average molecular weight is 414 g/mol. The lowest BCUT2D eigenvalue weighted by Gasteiger charge is -2.19. The topological polar surface area (TPSA) is 123 Å². The number of carbonyl (C=O) groups excluding carboxylic acids is 2. The summed E-state index contributed by atoms with van der Waals surface area (Å²) in [5.41, 5.74) is 1.55. The SMILES string of the molecule is CC(C)(C)OC(=O)NCc1ccc(C(=O)NCCNc2ccc([N+](=O)[O-])cc2)cc1. The van der Waals surface area contributed by atoms with Crippen molar-refractivity contribution in [3.05, 3.63) is 69.8 Å². The maximum Gasteiger partial charge on any atom is 0.407 e. The number of carbonyl (C=O) groups is 2. The largest absolute Gasteiger partial charge is 0.444 e. The fourth-order valence-electron chi connectivity index (χ4n) is 2.45. The standard InChI is InChI=1S/C21H26N4O5/c1-21(2,3)30-20(27)24-14-15-4-6-16(7-5-15)19(26)23-13-12-22-17-8-10-18(11-9-17)25(28)29/h4-11,22H,12-14H2,1-3H3,(H,23,26)(H,24,27). The molecule has 0 spiro atoms. The van der Waals surface area contributed by atoms with Crippen LogP contribution in [0.1, 0.15) is 36.7 Å². The van der Waals surface area contributed by atoms with Gasteiger partial charge in [-0.1, -0.05) is 12.1 Å². The molecule has 2 rings (SSSR count). The number of rotatable bonds is 8. The first kappa shape index (κ1) is 22.7. The highest BCUT2D eigenvalue weighted by molar-refractivity contribution is 5.94. The van der Waals surface area contributed by atoms with Crippen molar-refractivity contribution >= 4 is 23.4 Å². The van der Waals surface area contributed by atoms with Gasteiger partial charge in [-0.15, -0.1) is 0 Å². The molecular weight excluding hydrogens is 388 g/mol. The van der Waals surface area contributed by atoms with Gasteiger partial charge in [-0.3, -0.25) is 14.9 Å². The molecule has 0 bridgehead atoms. The minimum atomic E-state index is -0.556. The first-order valence-corrected chi connectivity index (χ1v) is 9.46. The molecule has 0 aliphatic carbocycles. The molecule has 0 aliphatic heterocycles. The van der Waals surface area contributed by atoms with Crippen LogP contribution in [-0.2, 0) is 11.3 Å². The van der Waals surface area contributed by atoms with Crippen molar-refractivity contribution in [1.29, 1.82) is 0 Å². The molecule has 0 aliphatic rings. The number of non-ortho nitro benzene ring substituents is 1. The number of nitro benzene ring substituents is 1. The van der Waals surface area contributed by atoms with Gasteiger partial charge in [-0.2, -0.15) is 0 Å². The molecule has 0 unspecified atom stereocenters. The number of nitrogens with one attached hydrogen (secondary N) is 3. The Kier molecular flexibility index (Phi) is 7.74. The zero-order valence-electron chi connectivity index (χ0n) is 17.2. The maximum atomic E-state index is 12.2. The van der Waals surface area contributed by atoms with Crippen molar-refractivity contribution in [3.8, 4) is 0 Å². The second-order valence-electron chi connectivity index (χ2n) is 7.54. The van der Waals surface area contributed by atoms with Gasteiger partial charge in [-0.25, -0.2) is 4.79 Å². The maximum absolute atomic E-state index is 12.2. The number of amides is 2. The van der Waals surface area contributed by atoms with E-state index in [2.05, 4.69) is 16.0 Å². The third kappa shape index (κ3) is 7.78. The molecule has 0 heterocycles. The number of nitrogens with zero attached hydrogens (tertiary/aromatic N) is 1. The van der Waals surface area contributed by atoms with Crippen molar-refractivity contribution in [3.63, 3.8) is 0 Å². The van der Waals surface area contributed by atoms with Gasteiger partial charge in [0.05, 0.1) is 4.92 Å². The Bertz CT molecular complexity index is 874. The van der Waals surface area contributed by atoms with E-state index in [0.717, 1.165) is 11.3 Å². The second-order valence-corrected chi connectivity index (χ2v) is 7.54. The molecule has 2 amide bonds. The predicted molar refractivity (Wildman–Crippen MR) is 113 cm³/mol. The Morgan fingerprint density at radius 2 is 1.60 bits per heavy atom. The molecule has 9 heteroatoms. The van der Waals surface area contributed by atoms with Crippen LogP contribution in [0.3, 0.4) is 0 Å². The molecule has 0 saturated carbocycles. The van der Waals surface area contributed by atoms with Gasteiger partial charge in [0.15, 0.2) is 0 Å². The van der Waals surface area contributed by atoms with Crippen LogP contribution < -0.4 is 16.0 Å². The Hall–Kier alpha value is -3.62. The number of anilines is 1. The predicted octanol–water partition coefficient (Wildman–Crippen LogP) is 3.46. The normalized spacial score (nSPS) is 10.8. The van der Waals surface area contributed by atoms with Crippen molar-refractivity contribution in [2.45, 2.75) is 32.9 Å². The van der Waals surface area contributed by atoms with Gasteiger partial charge < -0.3 is 20.7 Å². The number of alkyl carbamates (subject to hydrolysis) is 1. The van der Waals surface area contributed by atoms with Gasteiger partial charge in [0.25, 0.3) is 11.6 Å². The molecule has 0 aromatic heterocycles. The van der Waals surface area contributed by atoms with E-state index in [4.69, 9.17) is 4.74 Å². The summed E-state index contributed by atoms with van der Waals surface area (Å²) in [5.74, 6) is -0.216. The Labute approximate surface area is 175 Å². The van der Waals surface area contributed by atoms with Crippen molar-refractivity contribution in [2.24, 2.45) is 0 Å². The van der Waals surface area contributed by atoms with E-state index in [1.807, 2.05) is 0 Å². The highest BCUT2D eigenvalue weighted by Crippen LogP contribution is 2.15. The fraction of sp³-hybridized carbons (Fsp3) is 0.333. The Balaban J connectivity index is 1.72. The molecule has 0 radical (unpaired) electrons. The van der Waals surface area contributed by atoms with Crippen LogP contribution in [0.15, 0.2) is 48.5 Å². The molecular formula is C21H26N4O5. The molecule has 2 aromatic carbocycles. The highest BCUT2D eigenvalue weighted by atomic mass is 16.6. The van der Waals surface area contributed by atoms with Gasteiger partial charge >= 0.3 is 6.09 Å². The highest BCUT2D eigenvalue weighted by Gasteiger charge is 2.15. The number of ether oxygens (including phenoxy) is 1. The Morgan fingerprint density at radius 1 is 0.967 bits per heavy atom. The quantitative estimate of drug-likeness (QED) is 0.345. The minimum Gasteiger partial charge on any atom is -0.444 e. The Morgan fingerprint density at radius 3 is 2.17 bits per heavy atom. The summed E-state index contributed by atoms with van der Waals surface area (Å²) in [4.78, 5) is 34.1. The molecule has 0 fully saturated rings. The van der Waals surface area contributed by atoms with Crippen LogP contribution in [0.4, 0.5) is 16.2 Å². The van der Waals surface area contributed by atoms with E-state index in [1.54, 1.807) is 57.2 Å². The third-order valence-electron chi connectivity index (χ3n) is 3.87. The van der Waals surface area contributed by atoms with E-state index in [1.165, 1.54) is 12.1 Å². The van der Waals surface area contributed by atoms with E-state index in [9.17, 15) is 19.7 Å². The van der Waals surface area contributed by atoms with Gasteiger partial charge in [0, 0.05) is 43.0 Å². The van der Waals surface area contributed by atoms with Crippen LogP contribution in [0.2, 0.25) is 0 Å². The molecule has 30 heavy (non-hydrogen) atoms. The molecule has 3 N–H and O–H groups in total. The number of benzene rings is 2. The summed E-state index contributed by atoms with van der Waals surface area (Å²) in [7, 11) is 0. The van der Waals surface area contributed by atoms with Gasteiger partial charge in [-0.05, 0) is 50.6 Å². The van der Waals surface area contributed by atoms with Crippen LogP contribution in [0, 0.1) is 10.1 Å². The van der Waals surface area contributed by atoms with Crippen LogP contribution in [-0.4, -0.2) is 35.6 Å². The van der Waals surface area contributed by atoms with Crippen molar-refractivity contribution < 1.29 is 19.2 Å². The number of nitro groups is 1. The first-order valence-electron chi connectivity index (χ1n) is 9.46. The second kappa shape index (κ2) is 10.2. The zero-order valence-corrected chi connectivity index (χ0v) is 17.2. The van der Waals surface area contributed by atoms with Crippen LogP contribution in [0.5, 0.6) is 0 Å². The van der Waals surface area contributed by atoms with E-state index >= 15 is 0 Å². The van der Waals surface area contributed by atoms with Crippen molar-refractivity contribution in [2.75, 3.05) is 18.4 Å². The summed E-state index contributed by atoms with van der Waals surface area (Å²) in [6.45, 7) is 6.54. The molecule has 9 nitrogen and oxygen atoms in total. The average Bonchev–Trinajstić information content (AvgIpc) is 2.69. The summed E-state index contributed by atoms with van der Waals surface area (Å²) < 4.78 is 5.17. The summed E-state index contributed by atoms with van der Waals surface area (Å²) >= 11 is 0. The molecule has 160 valence electrons. The summed E-state index contributed by atoms with van der Waals surface area (Å²) in [5, 5.41) is 19.2. The van der Waals surface area contributed by atoms with Crippen LogP contribution >= 0.6 is 0 Å². The van der Waals surface area contributed by atoms with Crippen LogP contribution in [0.25, 0.3) is 0 Å². The summed E-state index contributed by atoms with van der Waals surface area (Å²) in [6, 6.07) is 13.0. The lowest BCUT2D eigenvalue weighted by Crippen LogP contribution is -2.32. The molecule has 0 saturated heterocycles. The lowest BCUT2D eigenvalue weighted by molar-refractivity contribution is -0.384. The molecule has 0 atom stereocenters. The number of hydrogen-bond acceptors (Lipinski definition) is 6. The van der Waals surface area contributed by atoms with E-state index in [0.29, 0.717) is 25.2 Å². The first-order chi connectivity index (χ1) is 14.1. The smallest absolute Gasteiger partial charge is 0.407 e. The van der Waals surface area contributed by atoms with E-state index < -0.39 is 16.6 Å². The number of hydrogen-bond donors (Lipinski definition) is 3. The summed E-state index contributed by atoms with van der Waals surface area (Å²) in [6.07, 6.45) is -0.496. The third-order valence-corrected chi connectivity index (χ3v) is 3.87. The lowest BCUT2D eigenvalue weighted by atomic mass is 10.1.